The molecule has 1 saturated heterocycles. The van der Waals surface area contributed by atoms with Gasteiger partial charge in [-0.3, -0.25) is 9.88 Å². The van der Waals surface area contributed by atoms with Crippen LogP contribution in [0.25, 0.3) is 22.0 Å². The first-order chi connectivity index (χ1) is 17.3. The lowest BCUT2D eigenvalue weighted by molar-refractivity contribution is 0.148. The zero-order valence-corrected chi connectivity index (χ0v) is 20.4. The third-order valence-electron chi connectivity index (χ3n) is 7.77. The Labute approximate surface area is 208 Å². The zero-order valence-electron chi connectivity index (χ0n) is 20.4. The molecule has 0 spiro atoms. The van der Waals surface area contributed by atoms with E-state index in [1.165, 1.54) is 62.0 Å². The maximum atomic E-state index is 4.58. The Balaban J connectivity index is 1.15. The molecule has 1 N–H and O–H groups in total. The molecule has 4 heteroatoms. The lowest BCUT2D eigenvalue weighted by Gasteiger charge is -2.41. The van der Waals surface area contributed by atoms with Crippen LogP contribution in [0.4, 0.5) is 17.1 Å². The van der Waals surface area contributed by atoms with E-state index in [4.69, 9.17) is 0 Å². The van der Waals surface area contributed by atoms with Crippen molar-refractivity contribution in [3.8, 4) is 11.1 Å². The molecule has 3 aromatic carbocycles. The Morgan fingerprint density at radius 1 is 0.714 bits per heavy atom. The van der Waals surface area contributed by atoms with E-state index in [0.29, 0.717) is 0 Å². The van der Waals surface area contributed by atoms with Crippen LogP contribution >= 0.6 is 0 Å². The van der Waals surface area contributed by atoms with Gasteiger partial charge in [0.2, 0.25) is 0 Å². The smallest absolute Gasteiger partial charge is 0.0723 e. The summed E-state index contributed by atoms with van der Waals surface area (Å²) in [6.07, 6.45) is 8.94. The second-order valence-corrected chi connectivity index (χ2v) is 9.94. The van der Waals surface area contributed by atoms with Gasteiger partial charge in [0.15, 0.2) is 0 Å². The summed E-state index contributed by atoms with van der Waals surface area (Å²) in [7, 11) is 0. The molecule has 2 aliphatic rings. The molecule has 1 saturated carbocycles. The Kier molecular flexibility index (Phi) is 6.37. The minimum absolute atomic E-state index is 0.829. The Hall–Kier alpha value is -3.37. The lowest BCUT2D eigenvalue weighted by Crippen LogP contribution is -2.50. The van der Waals surface area contributed by atoms with Crippen molar-refractivity contribution in [2.45, 2.75) is 38.1 Å². The van der Waals surface area contributed by atoms with Crippen LogP contribution in [-0.4, -0.2) is 42.1 Å². The van der Waals surface area contributed by atoms with Crippen LogP contribution in [0.2, 0.25) is 0 Å². The normalized spacial score (nSPS) is 17.5. The molecule has 4 aromatic rings. The summed E-state index contributed by atoms with van der Waals surface area (Å²) in [4.78, 5) is 9.86. The topological polar surface area (TPSA) is 31.4 Å². The summed E-state index contributed by atoms with van der Waals surface area (Å²) < 4.78 is 0. The van der Waals surface area contributed by atoms with Gasteiger partial charge in [0.25, 0.3) is 0 Å². The largest absolute Gasteiger partial charge is 0.369 e. The summed E-state index contributed by atoms with van der Waals surface area (Å²) in [6.45, 7) is 4.63. The quantitative estimate of drug-likeness (QED) is 0.343. The summed E-state index contributed by atoms with van der Waals surface area (Å²) in [5.74, 6) is 0. The highest BCUT2D eigenvalue weighted by Gasteiger charge is 2.25. The van der Waals surface area contributed by atoms with Crippen LogP contribution in [0.15, 0.2) is 85.1 Å². The van der Waals surface area contributed by atoms with Crippen molar-refractivity contribution in [3.05, 3.63) is 85.1 Å². The van der Waals surface area contributed by atoms with Gasteiger partial charge in [-0.05, 0) is 66.4 Å². The van der Waals surface area contributed by atoms with Gasteiger partial charge in [-0.1, -0.05) is 55.7 Å². The van der Waals surface area contributed by atoms with Crippen molar-refractivity contribution in [2.24, 2.45) is 0 Å². The second-order valence-electron chi connectivity index (χ2n) is 9.94. The van der Waals surface area contributed by atoms with E-state index < -0.39 is 0 Å². The van der Waals surface area contributed by atoms with Crippen LogP contribution < -0.4 is 10.2 Å². The average molecular weight is 463 g/mol. The van der Waals surface area contributed by atoms with E-state index >= 15 is 0 Å². The van der Waals surface area contributed by atoms with Crippen molar-refractivity contribution < 1.29 is 0 Å². The van der Waals surface area contributed by atoms with Crippen molar-refractivity contribution >= 4 is 28.0 Å². The first-order valence-electron chi connectivity index (χ1n) is 13.1. The van der Waals surface area contributed by atoms with Gasteiger partial charge in [-0.15, -0.1) is 0 Å². The number of nitrogens with one attached hydrogen (secondary N) is 1. The van der Waals surface area contributed by atoms with Crippen molar-refractivity contribution in [3.63, 3.8) is 0 Å². The molecule has 0 radical (unpaired) electrons. The number of hydrogen-bond donors (Lipinski definition) is 1. The number of nitrogens with zero attached hydrogens (tertiary/aromatic N) is 3. The number of fused-ring (bicyclic) bond motifs is 1. The first kappa shape index (κ1) is 22.1. The van der Waals surface area contributed by atoms with Gasteiger partial charge in [0.1, 0.15) is 0 Å². The van der Waals surface area contributed by atoms with Crippen molar-refractivity contribution in [2.75, 3.05) is 36.4 Å². The predicted molar refractivity (Wildman–Crippen MR) is 148 cm³/mol. The molecule has 6 rings (SSSR count). The third kappa shape index (κ3) is 4.89. The molecule has 178 valence electrons. The van der Waals surface area contributed by atoms with E-state index in [9.17, 15) is 0 Å². The standard InChI is InChI=1S/C31H34N4/c1-3-7-24(8-4-1)25-11-16-30-29(23-25)31(17-18-32-30)33-26-12-14-28(15-13-26)35-21-19-34(20-22-35)27-9-5-2-6-10-27/h1,3-4,7-8,11-18,23,27H,2,5-6,9-10,19-22H2,(H,32,33). The highest BCUT2D eigenvalue weighted by Crippen LogP contribution is 2.31. The molecule has 1 aliphatic carbocycles. The molecule has 0 amide bonds. The summed E-state index contributed by atoms with van der Waals surface area (Å²) in [5, 5.41) is 4.77. The highest BCUT2D eigenvalue weighted by atomic mass is 15.3. The maximum absolute atomic E-state index is 4.58. The van der Waals surface area contributed by atoms with Crippen LogP contribution in [0.3, 0.4) is 0 Å². The molecular formula is C31H34N4. The van der Waals surface area contributed by atoms with Gasteiger partial charge < -0.3 is 10.2 Å². The fraction of sp³-hybridized carbons (Fsp3) is 0.323. The van der Waals surface area contributed by atoms with Gasteiger partial charge in [-0.25, -0.2) is 0 Å². The minimum atomic E-state index is 0.829. The molecular weight excluding hydrogens is 428 g/mol. The lowest BCUT2D eigenvalue weighted by atomic mass is 9.94. The average Bonchev–Trinajstić information content (AvgIpc) is 2.94. The predicted octanol–water partition coefficient (Wildman–Crippen LogP) is 7.10. The zero-order chi connectivity index (χ0) is 23.5. The number of piperazine rings is 1. The van der Waals surface area contributed by atoms with Gasteiger partial charge in [-0.2, -0.15) is 0 Å². The molecule has 0 unspecified atom stereocenters. The summed E-state index contributed by atoms with van der Waals surface area (Å²) in [6, 6.07) is 28.8. The molecule has 1 aliphatic heterocycles. The minimum Gasteiger partial charge on any atom is -0.369 e. The van der Waals surface area contributed by atoms with Crippen molar-refractivity contribution in [1.82, 2.24) is 9.88 Å². The Morgan fingerprint density at radius 2 is 1.49 bits per heavy atom. The summed E-state index contributed by atoms with van der Waals surface area (Å²) in [5.41, 5.74) is 6.94. The van der Waals surface area contributed by atoms with Crippen LogP contribution in [-0.2, 0) is 0 Å². The molecule has 2 fully saturated rings. The van der Waals surface area contributed by atoms with Gasteiger partial charge in [0, 0.05) is 60.9 Å². The second kappa shape index (κ2) is 10.1. The van der Waals surface area contributed by atoms with E-state index in [1.807, 2.05) is 6.20 Å². The van der Waals surface area contributed by atoms with Crippen LogP contribution in [0.1, 0.15) is 32.1 Å². The van der Waals surface area contributed by atoms with Crippen LogP contribution in [0.5, 0.6) is 0 Å². The first-order valence-corrected chi connectivity index (χ1v) is 13.1. The van der Waals surface area contributed by atoms with E-state index in [0.717, 1.165) is 41.4 Å². The maximum Gasteiger partial charge on any atom is 0.0723 e. The van der Waals surface area contributed by atoms with E-state index in [-0.39, 0.29) is 0 Å². The molecule has 0 atom stereocenters. The van der Waals surface area contributed by atoms with Crippen LogP contribution in [0, 0.1) is 0 Å². The number of aromatic nitrogens is 1. The monoisotopic (exact) mass is 462 g/mol. The van der Waals surface area contributed by atoms with E-state index in [1.54, 1.807) is 0 Å². The number of hydrogen-bond acceptors (Lipinski definition) is 4. The van der Waals surface area contributed by atoms with Crippen molar-refractivity contribution in [1.29, 1.82) is 0 Å². The molecule has 4 nitrogen and oxygen atoms in total. The molecule has 1 aromatic heterocycles. The number of benzene rings is 3. The molecule has 2 heterocycles. The Morgan fingerprint density at radius 3 is 2.26 bits per heavy atom. The third-order valence-corrected chi connectivity index (χ3v) is 7.77. The number of pyridine rings is 1. The SMILES string of the molecule is c1ccc(-c2ccc3nccc(Nc4ccc(N5CCN(C6CCCCC6)CC5)cc4)c3c2)cc1. The van der Waals surface area contributed by atoms with Gasteiger partial charge in [0.05, 0.1) is 5.52 Å². The molecule has 35 heavy (non-hydrogen) atoms. The number of anilines is 3. The highest BCUT2D eigenvalue weighted by molar-refractivity contribution is 5.95. The fourth-order valence-corrected chi connectivity index (χ4v) is 5.77. The fourth-order valence-electron chi connectivity index (χ4n) is 5.77. The summed E-state index contributed by atoms with van der Waals surface area (Å²) >= 11 is 0. The number of rotatable bonds is 5. The molecule has 0 bridgehead atoms. The van der Waals surface area contributed by atoms with Gasteiger partial charge >= 0.3 is 0 Å². The Bertz CT molecular complexity index is 1250. The van der Waals surface area contributed by atoms with E-state index in [2.05, 4.69) is 99.0 Å².